The number of ether oxygens (including phenoxy) is 1. The fraction of sp³-hybridized carbons (Fsp3) is 0.583. The summed E-state index contributed by atoms with van der Waals surface area (Å²) in [5.41, 5.74) is 1.19. The molecule has 178 valence electrons. The van der Waals surface area contributed by atoms with Crippen LogP contribution in [0.4, 0.5) is 5.82 Å². The molecule has 1 aliphatic heterocycles. The summed E-state index contributed by atoms with van der Waals surface area (Å²) in [5.74, 6) is 0.861. The summed E-state index contributed by atoms with van der Waals surface area (Å²) in [6.07, 6.45) is 7.51. The predicted molar refractivity (Wildman–Crippen MR) is 130 cm³/mol. The highest BCUT2D eigenvalue weighted by molar-refractivity contribution is 6.42. The lowest BCUT2D eigenvalue weighted by atomic mass is 10.0. The molecule has 0 bridgehead atoms. The minimum atomic E-state index is -0.526. The number of amides is 1. The van der Waals surface area contributed by atoms with Gasteiger partial charge < -0.3 is 14.5 Å². The molecule has 4 rings (SSSR count). The van der Waals surface area contributed by atoms with E-state index in [0.717, 1.165) is 12.8 Å². The van der Waals surface area contributed by atoms with Crippen LogP contribution >= 0.6 is 23.2 Å². The molecule has 2 heterocycles. The van der Waals surface area contributed by atoms with E-state index in [9.17, 15) is 9.59 Å². The summed E-state index contributed by atoms with van der Waals surface area (Å²) < 4.78 is 5.24. The molecule has 1 aromatic heterocycles. The number of hydrogen-bond acceptors (Lipinski definition) is 6. The minimum Gasteiger partial charge on any atom is -0.461 e. The van der Waals surface area contributed by atoms with Gasteiger partial charge in [-0.3, -0.25) is 4.79 Å². The number of benzene rings is 1. The highest BCUT2D eigenvalue weighted by atomic mass is 35.5. The van der Waals surface area contributed by atoms with Crippen LogP contribution in [-0.4, -0.2) is 59.5 Å². The van der Waals surface area contributed by atoms with Crippen molar-refractivity contribution in [3.05, 3.63) is 27.9 Å². The Hall–Kier alpha value is -2.12. The topological polar surface area (TPSA) is 75.6 Å². The molecule has 0 atom stereocenters. The van der Waals surface area contributed by atoms with E-state index in [0.29, 0.717) is 65.4 Å². The van der Waals surface area contributed by atoms with E-state index in [4.69, 9.17) is 32.9 Å². The van der Waals surface area contributed by atoms with E-state index in [-0.39, 0.29) is 18.2 Å². The number of esters is 1. The normalized spacial score (nSPS) is 17.4. The Bertz CT molecular complexity index is 1030. The van der Waals surface area contributed by atoms with Crippen molar-refractivity contribution in [1.29, 1.82) is 0 Å². The van der Waals surface area contributed by atoms with Gasteiger partial charge in [-0.05, 0) is 37.8 Å². The maximum absolute atomic E-state index is 12.8. The third-order valence-electron chi connectivity index (χ3n) is 6.55. The fourth-order valence-corrected chi connectivity index (χ4v) is 5.08. The first-order valence-electron chi connectivity index (χ1n) is 11.8. The largest absolute Gasteiger partial charge is 0.461 e. The Morgan fingerprint density at radius 1 is 1.00 bits per heavy atom. The summed E-state index contributed by atoms with van der Waals surface area (Å²) >= 11 is 12.3. The zero-order valence-electron chi connectivity index (χ0n) is 19.0. The zero-order chi connectivity index (χ0) is 23.4. The summed E-state index contributed by atoms with van der Waals surface area (Å²) in [4.78, 5) is 38.7. The smallest absolute Gasteiger partial charge is 0.360 e. The van der Waals surface area contributed by atoms with Gasteiger partial charge in [-0.2, -0.15) is 0 Å². The first kappa shape index (κ1) is 24.0. The molecule has 0 spiro atoms. The van der Waals surface area contributed by atoms with Gasteiger partial charge in [-0.15, -0.1) is 0 Å². The van der Waals surface area contributed by atoms with Crippen LogP contribution in [0.25, 0.3) is 11.0 Å². The number of hydrogen-bond donors (Lipinski definition) is 0. The van der Waals surface area contributed by atoms with Crippen molar-refractivity contribution in [2.24, 2.45) is 5.92 Å². The monoisotopic (exact) mass is 492 g/mol. The van der Waals surface area contributed by atoms with Gasteiger partial charge >= 0.3 is 5.97 Å². The lowest BCUT2D eigenvalue weighted by molar-refractivity contribution is -0.131. The first-order chi connectivity index (χ1) is 16.0. The lowest BCUT2D eigenvalue weighted by Gasteiger charge is -2.24. The van der Waals surface area contributed by atoms with Crippen LogP contribution in [0, 0.1) is 5.92 Å². The van der Waals surface area contributed by atoms with Crippen molar-refractivity contribution in [2.75, 3.05) is 37.7 Å². The molecule has 7 nitrogen and oxygen atoms in total. The molecule has 0 unspecified atom stereocenters. The molecule has 1 saturated carbocycles. The highest BCUT2D eigenvalue weighted by Crippen LogP contribution is 2.30. The van der Waals surface area contributed by atoms with Crippen molar-refractivity contribution in [3.8, 4) is 0 Å². The van der Waals surface area contributed by atoms with E-state index in [1.54, 1.807) is 19.1 Å². The number of fused-ring (bicyclic) bond motifs is 1. The van der Waals surface area contributed by atoms with Gasteiger partial charge in [0.15, 0.2) is 11.5 Å². The standard InChI is InChI=1S/C24H30Cl2N4O3/c1-2-33-24(32)22-23(28-20-15-18(26)17(25)14-19(20)27-22)30-11-5-10-29(12-13-30)21(31)9-8-16-6-3-4-7-16/h14-16H,2-13H2,1H3. The SMILES string of the molecule is CCOC(=O)c1nc2cc(Cl)c(Cl)cc2nc1N1CCCN(C(=O)CCC2CCCC2)CC1. The van der Waals surface area contributed by atoms with E-state index in [1.807, 2.05) is 9.80 Å². The van der Waals surface area contributed by atoms with Crippen molar-refractivity contribution in [2.45, 2.75) is 51.9 Å². The second-order valence-electron chi connectivity index (χ2n) is 8.78. The first-order valence-corrected chi connectivity index (χ1v) is 12.6. The Balaban J connectivity index is 1.53. The fourth-order valence-electron chi connectivity index (χ4n) is 4.76. The Labute approximate surface area is 204 Å². The van der Waals surface area contributed by atoms with E-state index >= 15 is 0 Å². The minimum absolute atomic E-state index is 0.156. The molecule has 0 N–H and O–H groups in total. The van der Waals surface area contributed by atoms with Crippen LogP contribution in [-0.2, 0) is 9.53 Å². The summed E-state index contributed by atoms with van der Waals surface area (Å²) in [6, 6.07) is 3.26. The van der Waals surface area contributed by atoms with Crippen LogP contribution < -0.4 is 4.90 Å². The van der Waals surface area contributed by atoms with Crippen molar-refractivity contribution in [1.82, 2.24) is 14.9 Å². The van der Waals surface area contributed by atoms with Gasteiger partial charge in [0.25, 0.3) is 0 Å². The van der Waals surface area contributed by atoms with Crippen LogP contribution in [0.2, 0.25) is 10.0 Å². The molecule has 33 heavy (non-hydrogen) atoms. The molecule has 9 heteroatoms. The van der Waals surface area contributed by atoms with Crippen LogP contribution in [0.1, 0.15) is 62.4 Å². The molecule has 2 aromatic rings. The lowest BCUT2D eigenvalue weighted by Crippen LogP contribution is -2.36. The molecule has 2 aliphatic rings. The average Bonchev–Trinajstić information content (AvgIpc) is 3.20. The molecular weight excluding hydrogens is 463 g/mol. The molecular formula is C24H30Cl2N4O3. The second-order valence-corrected chi connectivity index (χ2v) is 9.60. The number of anilines is 1. The van der Waals surface area contributed by atoms with Crippen molar-refractivity contribution < 1.29 is 14.3 Å². The number of carbonyl (C=O) groups is 2. The quantitative estimate of drug-likeness (QED) is 0.520. The van der Waals surface area contributed by atoms with Crippen LogP contribution in [0.5, 0.6) is 0 Å². The summed E-state index contributed by atoms with van der Waals surface area (Å²) in [6.45, 7) is 4.53. The van der Waals surface area contributed by atoms with E-state index in [2.05, 4.69) is 4.98 Å². The molecule has 1 aromatic carbocycles. The van der Waals surface area contributed by atoms with Gasteiger partial charge in [0.05, 0.1) is 27.7 Å². The summed E-state index contributed by atoms with van der Waals surface area (Å²) in [7, 11) is 0. The number of halogens is 2. The van der Waals surface area contributed by atoms with Gasteiger partial charge in [0, 0.05) is 32.6 Å². The van der Waals surface area contributed by atoms with Crippen LogP contribution in [0.3, 0.4) is 0 Å². The van der Waals surface area contributed by atoms with Gasteiger partial charge in [0.1, 0.15) is 0 Å². The molecule has 2 fully saturated rings. The van der Waals surface area contributed by atoms with Crippen LogP contribution in [0.15, 0.2) is 12.1 Å². The predicted octanol–water partition coefficient (Wildman–Crippen LogP) is 5.12. The average molecular weight is 493 g/mol. The van der Waals surface area contributed by atoms with E-state index in [1.165, 1.54) is 25.7 Å². The molecule has 1 saturated heterocycles. The Morgan fingerprint density at radius 3 is 2.39 bits per heavy atom. The number of aromatic nitrogens is 2. The molecule has 1 aliphatic carbocycles. The maximum atomic E-state index is 12.8. The third-order valence-corrected chi connectivity index (χ3v) is 7.27. The number of carbonyl (C=O) groups excluding carboxylic acids is 2. The number of rotatable bonds is 6. The van der Waals surface area contributed by atoms with Crippen molar-refractivity contribution >= 4 is 51.9 Å². The highest BCUT2D eigenvalue weighted by Gasteiger charge is 2.26. The molecule has 0 radical (unpaired) electrons. The summed E-state index contributed by atoms with van der Waals surface area (Å²) in [5, 5.41) is 0.728. The maximum Gasteiger partial charge on any atom is 0.360 e. The Morgan fingerprint density at radius 2 is 1.70 bits per heavy atom. The number of nitrogens with zero attached hydrogens (tertiary/aromatic N) is 4. The molecule has 1 amide bonds. The van der Waals surface area contributed by atoms with Gasteiger partial charge in [0.2, 0.25) is 5.91 Å². The third kappa shape index (κ3) is 5.69. The second kappa shape index (κ2) is 10.9. The zero-order valence-corrected chi connectivity index (χ0v) is 20.5. The van der Waals surface area contributed by atoms with Gasteiger partial charge in [-0.25, -0.2) is 14.8 Å². The van der Waals surface area contributed by atoms with E-state index < -0.39 is 5.97 Å². The van der Waals surface area contributed by atoms with Gasteiger partial charge in [-0.1, -0.05) is 48.9 Å². The Kier molecular flexibility index (Phi) is 7.91. The van der Waals surface area contributed by atoms with Crippen molar-refractivity contribution in [3.63, 3.8) is 0 Å².